The number of benzene rings is 1. The minimum atomic E-state index is -4.51. The Hall–Kier alpha value is -3.08. The van der Waals surface area contributed by atoms with Crippen LogP contribution in [0.5, 0.6) is 0 Å². The molecular formula is C25H32F3N3O5. The molecule has 1 saturated heterocycles. The monoisotopic (exact) mass is 511 g/mol. The molecule has 2 amide bonds. The first-order chi connectivity index (χ1) is 17.1. The Balaban J connectivity index is 1.95. The number of nitrogens with one attached hydrogen (secondary N) is 1. The first-order valence-corrected chi connectivity index (χ1v) is 12.1. The van der Waals surface area contributed by atoms with Gasteiger partial charge in [-0.05, 0) is 64.4 Å². The highest BCUT2D eigenvalue weighted by molar-refractivity contribution is 5.95. The van der Waals surface area contributed by atoms with Crippen molar-refractivity contribution >= 4 is 18.0 Å². The van der Waals surface area contributed by atoms with Gasteiger partial charge in [0.15, 0.2) is 0 Å². The Morgan fingerprint density at radius 3 is 2.17 bits per heavy atom. The molecule has 36 heavy (non-hydrogen) atoms. The summed E-state index contributed by atoms with van der Waals surface area (Å²) in [5.74, 6) is -1.06. The average Bonchev–Trinajstić information content (AvgIpc) is 2.84. The van der Waals surface area contributed by atoms with E-state index >= 15 is 0 Å². The van der Waals surface area contributed by atoms with Crippen molar-refractivity contribution in [3.63, 3.8) is 0 Å². The van der Waals surface area contributed by atoms with Gasteiger partial charge in [0.1, 0.15) is 0 Å². The van der Waals surface area contributed by atoms with Crippen LogP contribution in [0.2, 0.25) is 0 Å². The van der Waals surface area contributed by atoms with Gasteiger partial charge in [-0.15, -0.1) is 0 Å². The van der Waals surface area contributed by atoms with Crippen molar-refractivity contribution in [1.82, 2.24) is 15.1 Å². The lowest BCUT2D eigenvalue weighted by Crippen LogP contribution is -2.51. The molecule has 1 fully saturated rings. The zero-order valence-electron chi connectivity index (χ0n) is 20.7. The van der Waals surface area contributed by atoms with Crippen LogP contribution in [0.25, 0.3) is 0 Å². The highest BCUT2D eigenvalue weighted by Crippen LogP contribution is 2.35. The molecule has 198 valence electrons. The number of amides is 2. The van der Waals surface area contributed by atoms with E-state index in [1.54, 1.807) is 20.8 Å². The standard InChI is InChI=1S/C25H32F3N3O5/c1-4-31-19(15-30-13-11-17(12-14-30)22(32)35-5-2)20(23(33)36-6-3)21(29-24(31)34)16-7-9-18(10-8-16)25(26,27)28/h7-10,17,21H,4-6,11-15H2,1-3H3,(H,29,34). The van der Waals surface area contributed by atoms with Gasteiger partial charge in [-0.1, -0.05) is 12.1 Å². The molecule has 8 nitrogen and oxygen atoms in total. The number of alkyl halides is 3. The lowest BCUT2D eigenvalue weighted by molar-refractivity contribution is -0.149. The predicted molar refractivity (Wildman–Crippen MR) is 125 cm³/mol. The molecule has 0 radical (unpaired) electrons. The van der Waals surface area contributed by atoms with Gasteiger partial charge in [-0.3, -0.25) is 14.6 Å². The van der Waals surface area contributed by atoms with Crippen LogP contribution in [0.4, 0.5) is 18.0 Å². The molecule has 0 saturated carbocycles. The quantitative estimate of drug-likeness (QED) is 0.533. The van der Waals surface area contributed by atoms with Gasteiger partial charge in [0.05, 0.1) is 36.3 Å². The molecule has 2 heterocycles. The van der Waals surface area contributed by atoms with E-state index in [0.29, 0.717) is 43.8 Å². The number of carbonyl (C=O) groups excluding carboxylic acids is 3. The van der Waals surface area contributed by atoms with Crippen LogP contribution in [0.15, 0.2) is 35.5 Å². The van der Waals surface area contributed by atoms with E-state index in [9.17, 15) is 27.6 Å². The first kappa shape index (κ1) is 27.5. The Bertz CT molecular complexity index is 986. The topological polar surface area (TPSA) is 88.2 Å². The van der Waals surface area contributed by atoms with Crippen LogP contribution >= 0.6 is 0 Å². The summed E-state index contributed by atoms with van der Waals surface area (Å²) in [5, 5.41) is 2.75. The van der Waals surface area contributed by atoms with E-state index < -0.39 is 29.8 Å². The number of hydrogen-bond acceptors (Lipinski definition) is 6. The molecule has 1 unspecified atom stereocenters. The molecule has 11 heteroatoms. The molecule has 2 aliphatic rings. The number of esters is 2. The number of piperidine rings is 1. The number of carbonyl (C=O) groups is 3. The summed E-state index contributed by atoms with van der Waals surface area (Å²) in [5.41, 5.74) is 0.147. The van der Waals surface area contributed by atoms with Crippen LogP contribution in [-0.2, 0) is 25.2 Å². The lowest BCUT2D eigenvalue weighted by Gasteiger charge is -2.39. The van der Waals surface area contributed by atoms with Gasteiger partial charge in [-0.2, -0.15) is 13.2 Å². The van der Waals surface area contributed by atoms with E-state index in [1.165, 1.54) is 17.0 Å². The van der Waals surface area contributed by atoms with Gasteiger partial charge >= 0.3 is 24.1 Å². The normalized spacial score (nSPS) is 19.8. The number of ether oxygens (including phenoxy) is 2. The zero-order chi connectivity index (χ0) is 26.5. The van der Waals surface area contributed by atoms with Crippen molar-refractivity contribution in [1.29, 1.82) is 0 Å². The van der Waals surface area contributed by atoms with Gasteiger partial charge < -0.3 is 14.8 Å². The average molecular weight is 512 g/mol. The minimum Gasteiger partial charge on any atom is -0.466 e. The summed E-state index contributed by atoms with van der Waals surface area (Å²) in [6, 6.07) is 2.96. The Labute approximate surface area is 208 Å². The van der Waals surface area contributed by atoms with Gasteiger partial charge in [0.25, 0.3) is 0 Å². The van der Waals surface area contributed by atoms with Gasteiger partial charge in [-0.25, -0.2) is 9.59 Å². The van der Waals surface area contributed by atoms with Crippen LogP contribution in [-0.4, -0.2) is 67.2 Å². The molecule has 2 aliphatic heterocycles. The molecule has 3 rings (SSSR count). The molecule has 0 aromatic heterocycles. The largest absolute Gasteiger partial charge is 0.466 e. The fourth-order valence-electron chi connectivity index (χ4n) is 4.57. The highest BCUT2D eigenvalue weighted by atomic mass is 19.4. The fourth-order valence-corrected chi connectivity index (χ4v) is 4.57. The molecule has 0 bridgehead atoms. The molecule has 1 N–H and O–H groups in total. The number of halogens is 3. The predicted octanol–water partition coefficient (Wildman–Crippen LogP) is 3.88. The van der Waals surface area contributed by atoms with Crippen LogP contribution in [0, 0.1) is 5.92 Å². The fraction of sp³-hybridized carbons (Fsp3) is 0.560. The number of likely N-dealkylation sites (tertiary alicyclic amines) is 1. The third kappa shape index (κ3) is 6.18. The Morgan fingerprint density at radius 2 is 1.64 bits per heavy atom. The van der Waals surface area contributed by atoms with Crippen molar-refractivity contribution in [2.75, 3.05) is 39.4 Å². The van der Waals surface area contributed by atoms with Crippen molar-refractivity contribution in [2.45, 2.75) is 45.8 Å². The summed E-state index contributed by atoms with van der Waals surface area (Å²) in [6.45, 7) is 7.27. The van der Waals surface area contributed by atoms with Crippen LogP contribution in [0.3, 0.4) is 0 Å². The second-order valence-corrected chi connectivity index (χ2v) is 8.63. The SMILES string of the molecule is CCOC(=O)C1=C(CN2CCC(C(=O)OCC)CC2)N(CC)C(=O)NC1c1ccc(C(F)(F)F)cc1. The highest BCUT2D eigenvalue weighted by Gasteiger charge is 2.39. The Morgan fingerprint density at radius 1 is 1.03 bits per heavy atom. The van der Waals surface area contributed by atoms with Crippen molar-refractivity contribution < 1.29 is 37.0 Å². The van der Waals surface area contributed by atoms with Gasteiger partial charge in [0.2, 0.25) is 0 Å². The number of urea groups is 1. The molecule has 0 spiro atoms. The van der Waals surface area contributed by atoms with E-state index in [0.717, 1.165) is 12.1 Å². The van der Waals surface area contributed by atoms with Gasteiger partial charge in [0, 0.05) is 18.8 Å². The maximum Gasteiger partial charge on any atom is 0.416 e. The molecule has 1 aromatic carbocycles. The molecular weight excluding hydrogens is 479 g/mol. The number of likely N-dealkylation sites (N-methyl/N-ethyl adjacent to an activating group) is 1. The van der Waals surface area contributed by atoms with E-state index in [2.05, 4.69) is 10.2 Å². The lowest BCUT2D eigenvalue weighted by atomic mass is 9.92. The number of nitrogens with zero attached hydrogens (tertiary/aromatic N) is 2. The van der Waals surface area contributed by atoms with E-state index in [4.69, 9.17) is 9.47 Å². The second-order valence-electron chi connectivity index (χ2n) is 8.63. The maximum absolute atomic E-state index is 13.1. The minimum absolute atomic E-state index is 0.0976. The third-order valence-corrected chi connectivity index (χ3v) is 6.40. The summed E-state index contributed by atoms with van der Waals surface area (Å²) in [4.78, 5) is 41.7. The van der Waals surface area contributed by atoms with Crippen molar-refractivity contribution in [3.05, 3.63) is 46.7 Å². The smallest absolute Gasteiger partial charge is 0.416 e. The molecule has 1 atom stereocenters. The van der Waals surface area contributed by atoms with Crippen LogP contribution < -0.4 is 5.32 Å². The summed E-state index contributed by atoms with van der Waals surface area (Å²) in [6.07, 6.45) is -3.34. The number of hydrogen-bond donors (Lipinski definition) is 1. The number of rotatable bonds is 8. The second kappa shape index (κ2) is 11.8. The van der Waals surface area contributed by atoms with Crippen molar-refractivity contribution in [2.24, 2.45) is 5.92 Å². The van der Waals surface area contributed by atoms with E-state index in [-0.39, 0.29) is 37.2 Å². The van der Waals surface area contributed by atoms with E-state index in [1.807, 2.05) is 0 Å². The third-order valence-electron chi connectivity index (χ3n) is 6.40. The first-order valence-electron chi connectivity index (χ1n) is 12.1. The molecule has 0 aliphatic carbocycles. The van der Waals surface area contributed by atoms with Crippen molar-refractivity contribution in [3.8, 4) is 0 Å². The Kier molecular flexibility index (Phi) is 8.99. The van der Waals surface area contributed by atoms with Crippen LogP contribution in [0.1, 0.15) is 50.8 Å². The summed E-state index contributed by atoms with van der Waals surface area (Å²) < 4.78 is 49.6. The maximum atomic E-state index is 13.1. The zero-order valence-corrected chi connectivity index (χ0v) is 20.7. The summed E-state index contributed by atoms with van der Waals surface area (Å²) in [7, 11) is 0. The molecule has 1 aromatic rings. The summed E-state index contributed by atoms with van der Waals surface area (Å²) >= 11 is 0.